The van der Waals surface area contributed by atoms with Crippen molar-refractivity contribution >= 4 is 35.8 Å². The Balaban J connectivity index is 0.00000512. The zero-order valence-corrected chi connectivity index (χ0v) is 20.5. The molecule has 0 heterocycles. The Morgan fingerprint density at radius 2 is 1.59 bits per heavy atom. The van der Waals surface area contributed by atoms with E-state index in [-0.39, 0.29) is 35.6 Å². The minimum atomic E-state index is -4.36. The summed E-state index contributed by atoms with van der Waals surface area (Å²) >= 11 is 0. The quantitative estimate of drug-likeness (QED) is 0.287. The van der Waals surface area contributed by atoms with Crippen molar-refractivity contribution in [3.05, 3.63) is 65.2 Å². The molecule has 6 nitrogen and oxygen atoms in total. The Kier molecular flexibility index (Phi) is 11.3. The van der Waals surface area contributed by atoms with Crippen LogP contribution < -0.4 is 15.4 Å². The van der Waals surface area contributed by atoms with Crippen LogP contribution in [-0.4, -0.2) is 50.2 Å². The lowest BCUT2D eigenvalue weighted by molar-refractivity contribution is -0.153. The zero-order valence-electron chi connectivity index (χ0n) is 18.2. The second kappa shape index (κ2) is 13.1. The normalized spacial score (nSPS) is 11.4. The minimum absolute atomic E-state index is 0. The third-order valence-electron chi connectivity index (χ3n) is 4.16. The van der Waals surface area contributed by atoms with Crippen LogP contribution in [-0.2, 0) is 13.1 Å². The Labute approximate surface area is 203 Å². The maximum absolute atomic E-state index is 12.2. The highest BCUT2D eigenvalue weighted by molar-refractivity contribution is 14.0. The van der Waals surface area contributed by atoms with Crippen LogP contribution in [0.1, 0.15) is 28.4 Å². The van der Waals surface area contributed by atoms with Gasteiger partial charge in [-0.25, -0.2) is 4.99 Å². The molecule has 0 aliphatic heterocycles. The number of guanidine groups is 1. The van der Waals surface area contributed by atoms with Crippen LogP contribution >= 0.6 is 24.0 Å². The van der Waals surface area contributed by atoms with Gasteiger partial charge >= 0.3 is 6.18 Å². The number of benzene rings is 2. The van der Waals surface area contributed by atoms with E-state index in [4.69, 9.17) is 4.74 Å². The van der Waals surface area contributed by atoms with E-state index in [9.17, 15) is 18.0 Å². The molecule has 0 atom stereocenters. The second-order valence-electron chi connectivity index (χ2n) is 6.99. The first-order valence-corrected chi connectivity index (χ1v) is 9.79. The van der Waals surface area contributed by atoms with Crippen molar-refractivity contribution in [3.63, 3.8) is 0 Å². The molecule has 0 bridgehead atoms. The van der Waals surface area contributed by atoms with Gasteiger partial charge in [0.05, 0.1) is 6.54 Å². The number of alkyl halides is 3. The van der Waals surface area contributed by atoms with E-state index in [1.165, 1.54) is 17.0 Å². The molecule has 0 spiro atoms. The van der Waals surface area contributed by atoms with E-state index in [1.54, 1.807) is 38.4 Å². The number of carbonyl (C=O) groups is 1. The Hall–Kier alpha value is -2.50. The minimum Gasteiger partial charge on any atom is -0.484 e. The molecule has 2 aromatic rings. The lowest BCUT2D eigenvalue weighted by Crippen LogP contribution is -2.36. The van der Waals surface area contributed by atoms with E-state index in [2.05, 4.69) is 15.6 Å². The Bertz CT molecular complexity index is 870. The number of carbonyl (C=O) groups excluding carboxylic acids is 1. The lowest BCUT2D eigenvalue weighted by Gasteiger charge is -2.13. The summed E-state index contributed by atoms with van der Waals surface area (Å²) in [6.07, 6.45) is -4.36. The molecule has 176 valence electrons. The van der Waals surface area contributed by atoms with Crippen molar-refractivity contribution in [1.82, 2.24) is 15.5 Å². The van der Waals surface area contributed by atoms with E-state index in [1.807, 2.05) is 19.1 Å². The van der Waals surface area contributed by atoms with Crippen molar-refractivity contribution in [2.75, 3.05) is 27.2 Å². The van der Waals surface area contributed by atoms with Crippen molar-refractivity contribution < 1.29 is 22.7 Å². The van der Waals surface area contributed by atoms with Gasteiger partial charge in [-0.3, -0.25) is 4.79 Å². The topological polar surface area (TPSA) is 66.0 Å². The molecule has 0 aliphatic carbocycles. The number of halogens is 4. The molecule has 2 rings (SSSR count). The SMILES string of the molecule is CCNC(=NCc1ccc(OCC(F)(F)F)cc1)NCc1ccc(C(=O)N(C)C)cc1.I. The average Bonchev–Trinajstić information content (AvgIpc) is 2.74. The molecule has 0 radical (unpaired) electrons. The molecule has 2 N–H and O–H groups in total. The molecule has 0 aliphatic rings. The number of rotatable bonds is 8. The van der Waals surface area contributed by atoms with Crippen LogP contribution in [0.4, 0.5) is 13.2 Å². The van der Waals surface area contributed by atoms with Gasteiger partial charge in [0.25, 0.3) is 5.91 Å². The molecular weight excluding hydrogens is 536 g/mol. The molecule has 0 aromatic heterocycles. The lowest BCUT2D eigenvalue weighted by atomic mass is 10.1. The third kappa shape index (κ3) is 9.75. The summed E-state index contributed by atoms with van der Waals surface area (Å²) < 4.78 is 41.3. The number of amides is 1. The molecule has 32 heavy (non-hydrogen) atoms. The fraction of sp³-hybridized carbons (Fsp3) is 0.364. The number of aliphatic imine (C=N–C) groups is 1. The second-order valence-corrected chi connectivity index (χ2v) is 6.99. The molecule has 0 saturated carbocycles. The predicted octanol–water partition coefficient (Wildman–Crippen LogP) is 4.20. The molecule has 2 aromatic carbocycles. The van der Waals surface area contributed by atoms with Crippen LogP contribution in [0.2, 0.25) is 0 Å². The summed E-state index contributed by atoms with van der Waals surface area (Å²) in [5, 5.41) is 6.37. The molecule has 10 heteroatoms. The highest BCUT2D eigenvalue weighted by atomic mass is 127. The smallest absolute Gasteiger partial charge is 0.422 e. The standard InChI is InChI=1S/C22H27F3N4O2.HI/c1-4-26-21(27-13-16-5-9-18(10-6-16)20(30)29(2)3)28-14-17-7-11-19(12-8-17)31-15-22(23,24)25;/h5-12H,4,13-15H2,1-3H3,(H2,26,27,28);1H. The monoisotopic (exact) mass is 564 g/mol. The number of ether oxygens (including phenoxy) is 1. The van der Waals surface area contributed by atoms with Crippen LogP contribution in [0.25, 0.3) is 0 Å². The van der Waals surface area contributed by atoms with Gasteiger partial charge in [0.1, 0.15) is 5.75 Å². The summed E-state index contributed by atoms with van der Waals surface area (Å²) in [6.45, 7) is 2.18. The summed E-state index contributed by atoms with van der Waals surface area (Å²) in [5.41, 5.74) is 2.45. The van der Waals surface area contributed by atoms with Gasteiger partial charge in [0.15, 0.2) is 12.6 Å². The van der Waals surface area contributed by atoms with Gasteiger partial charge in [0.2, 0.25) is 0 Å². The molecule has 0 fully saturated rings. The van der Waals surface area contributed by atoms with Crippen molar-refractivity contribution in [2.45, 2.75) is 26.2 Å². The van der Waals surface area contributed by atoms with Crippen LogP contribution in [0.3, 0.4) is 0 Å². The van der Waals surface area contributed by atoms with E-state index < -0.39 is 12.8 Å². The van der Waals surface area contributed by atoms with Gasteiger partial charge in [-0.05, 0) is 42.3 Å². The van der Waals surface area contributed by atoms with E-state index in [0.29, 0.717) is 31.2 Å². The Morgan fingerprint density at radius 1 is 1.00 bits per heavy atom. The highest BCUT2D eigenvalue weighted by Crippen LogP contribution is 2.19. The Morgan fingerprint density at radius 3 is 2.12 bits per heavy atom. The van der Waals surface area contributed by atoms with Crippen molar-refractivity contribution in [3.8, 4) is 5.75 Å². The van der Waals surface area contributed by atoms with Gasteiger partial charge in [-0.2, -0.15) is 13.2 Å². The number of hydrogen-bond acceptors (Lipinski definition) is 3. The number of nitrogens with one attached hydrogen (secondary N) is 2. The summed E-state index contributed by atoms with van der Waals surface area (Å²) in [7, 11) is 3.42. The maximum Gasteiger partial charge on any atom is 0.422 e. The van der Waals surface area contributed by atoms with Crippen LogP contribution in [0, 0.1) is 0 Å². The largest absolute Gasteiger partial charge is 0.484 e. The number of hydrogen-bond donors (Lipinski definition) is 2. The summed E-state index contributed by atoms with van der Waals surface area (Å²) in [6, 6.07) is 13.7. The summed E-state index contributed by atoms with van der Waals surface area (Å²) in [5.74, 6) is 0.712. The first kappa shape index (κ1) is 27.5. The third-order valence-corrected chi connectivity index (χ3v) is 4.16. The number of nitrogens with zero attached hydrogens (tertiary/aromatic N) is 2. The average molecular weight is 564 g/mol. The molecule has 0 saturated heterocycles. The fourth-order valence-electron chi connectivity index (χ4n) is 2.58. The van der Waals surface area contributed by atoms with Crippen LogP contribution in [0.5, 0.6) is 5.75 Å². The van der Waals surface area contributed by atoms with Gasteiger partial charge in [0, 0.05) is 32.7 Å². The van der Waals surface area contributed by atoms with Gasteiger partial charge in [-0.15, -0.1) is 24.0 Å². The molecule has 0 unspecified atom stereocenters. The van der Waals surface area contributed by atoms with Gasteiger partial charge < -0.3 is 20.3 Å². The van der Waals surface area contributed by atoms with Crippen molar-refractivity contribution in [1.29, 1.82) is 0 Å². The fourth-order valence-corrected chi connectivity index (χ4v) is 2.58. The highest BCUT2D eigenvalue weighted by Gasteiger charge is 2.28. The van der Waals surface area contributed by atoms with Gasteiger partial charge in [-0.1, -0.05) is 24.3 Å². The first-order chi connectivity index (χ1) is 14.7. The van der Waals surface area contributed by atoms with E-state index in [0.717, 1.165) is 11.1 Å². The first-order valence-electron chi connectivity index (χ1n) is 9.79. The predicted molar refractivity (Wildman–Crippen MR) is 130 cm³/mol. The van der Waals surface area contributed by atoms with E-state index >= 15 is 0 Å². The van der Waals surface area contributed by atoms with Crippen molar-refractivity contribution in [2.24, 2.45) is 4.99 Å². The summed E-state index contributed by atoms with van der Waals surface area (Å²) in [4.78, 5) is 18.0. The zero-order chi connectivity index (χ0) is 22.9. The maximum atomic E-state index is 12.2. The molecular formula is C22H28F3IN4O2. The molecule has 1 amide bonds. The van der Waals surface area contributed by atoms with Crippen LogP contribution in [0.15, 0.2) is 53.5 Å².